The van der Waals surface area contributed by atoms with Gasteiger partial charge in [0.2, 0.25) is 0 Å². The Morgan fingerprint density at radius 2 is 1.72 bits per heavy atom. The third-order valence-corrected chi connectivity index (χ3v) is 2.62. The Hall–Kier alpha value is -2.17. The Morgan fingerprint density at radius 3 is 2.39 bits per heavy atom. The molecule has 2 rings (SSSR count). The topological polar surface area (TPSA) is 29.3 Å². The lowest BCUT2D eigenvalue weighted by molar-refractivity contribution is 0.597. The summed E-state index contributed by atoms with van der Waals surface area (Å²) in [6, 6.07) is 7.12. The fourth-order valence-corrected chi connectivity index (χ4v) is 1.75. The van der Waals surface area contributed by atoms with Gasteiger partial charge in [0.05, 0.1) is 11.4 Å². The zero-order chi connectivity index (χ0) is 13.3. The summed E-state index contributed by atoms with van der Waals surface area (Å²) in [5.41, 5.74) is 5.74. The highest BCUT2D eigenvalue weighted by atomic mass is 19.1. The summed E-state index contributed by atoms with van der Waals surface area (Å²) in [6.07, 6.45) is 0. The summed E-state index contributed by atoms with van der Waals surface area (Å²) in [5.74, 6) is -1.85. The van der Waals surface area contributed by atoms with Gasteiger partial charge in [-0.3, -0.25) is 0 Å². The molecule has 0 radical (unpaired) electrons. The maximum atomic E-state index is 13.7. The van der Waals surface area contributed by atoms with E-state index in [0.29, 0.717) is 0 Å². The Labute approximate surface area is 102 Å². The van der Waals surface area contributed by atoms with Crippen molar-refractivity contribution in [3.8, 4) is 0 Å². The zero-order valence-electron chi connectivity index (χ0n) is 9.62. The van der Waals surface area contributed by atoms with Crippen molar-refractivity contribution in [1.29, 1.82) is 0 Å². The fraction of sp³-hybridized carbons (Fsp3) is 0.0769. The van der Waals surface area contributed by atoms with Crippen LogP contribution in [-0.4, -0.2) is 7.05 Å². The second-order valence-electron chi connectivity index (χ2n) is 3.83. The summed E-state index contributed by atoms with van der Waals surface area (Å²) in [6.45, 7) is 0. The third kappa shape index (κ3) is 2.11. The molecule has 2 nitrogen and oxygen atoms in total. The first-order valence-corrected chi connectivity index (χ1v) is 5.23. The van der Waals surface area contributed by atoms with Crippen LogP contribution in [0.25, 0.3) is 0 Å². The number of halogens is 3. The van der Waals surface area contributed by atoms with E-state index in [1.807, 2.05) is 0 Å². The third-order valence-electron chi connectivity index (χ3n) is 2.62. The molecule has 0 aliphatic heterocycles. The van der Waals surface area contributed by atoms with Gasteiger partial charge in [-0.05, 0) is 24.3 Å². The van der Waals surface area contributed by atoms with Gasteiger partial charge in [0.1, 0.15) is 23.1 Å². The maximum Gasteiger partial charge on any atom is 0.148 e. The van der Waals surface area contributed by atoms with Crippen molar-refractivity contribution in [2.24, 2.45) is 0 Å². The largest absolute Gasteiger partial charge is 0.397 e. The minimum atomic E-state index is -0.651. The highest BCUT2D eigenvalue weighted by Crippen LogP contribution is 2.33. The number of nitrogen functional groups attached to an aromatic ring is 1. The van der Waals surface area contributed by atoms with Gasteiger partial charge in [-0.2, -0.15) is 0 Å². The number of nitrogens with two attached hydrogens (primary N) is 1. The van der Waals surface area contributed by atoms with Crippen molar-refractivity contribution in [2.45, 2.75) is 0 Å². The molecule has 0 unspecified atom stereocenters. The standard InChI is InChI=1S/C13H11F3N2/c1-18(12-7-8(14)5-6-9(12)15)13-10(16)3-2-4-11(13)17/h2-7H,17H2,1H3. The molecule has 0 saturated heterocycles. The highest BCUT2D eigenvalue weighted by molar-refractivity contribution is 5.75. The van der Waals surface area contributed by atoms with Gasteiger partial charge in [-0.25, -0.2) is 13.2 Å². The first kappa shape index (κ1) is 12.3. The maximum absolute atomic E-state index is 13.7. The lowest BCUT2D eigenvalue weighted by atomic mass is 10.2. The van der Waals surface area contributed by atoms with Gasteiger partial charge < -0.3 is 10.6 Å². The monoisotopic (exact) mass is 252 g/mol. The van der Waals surface area contributed by atoms with Gasteiger partial charge in [-0.1, -0.05) is 6.07 Å². The van der Waals surface area contributed by atoms with Crippen molar-refractivity contribution >= 4 is 17.1 Å². The van der Waals surface area contributed by atoms with E-state index in [1.165, 1.54) is 30.1 Å². The Kier molecular flexibility index (Phi) is 3.14. The van der Waals surface area contributed by atoms with Crippen molar-refractivity contribution in [3.63, 3.8) is 0 Å². The van der Waals surface area contributed by atoms with Crippen LogP contribution in [0.1, 0.15) is 0 Å². The van der Waals surface area contributed by atoms with Crippen LogP contribution in [0, 0.1) is 17.5 Å². The smallest absolute Gasteiger partial charge is 0.148 e. The molecule has 0 aromatic heterocycles. The van der Waals surface area contributed by atoms with E-state index in [-0.39, 0.29) is 17.1 Å². The van der Waals surface area contributed by atoms with Crippen molar-refractivity contribution < 1.29 is 13.2 Å². The van der Waals surface area contributed by atoms with E-state index >= 15 is 0 Å². The summed E-state index contributed by atoms with van der Waals surface area (Å²) in [7, 11) is 1.42. The summed E-state index contributed by atoms with van der Waals surface area (Å²) in [5, 5.41) is 0. The number of benzene rings is 2. The minimum absolute atomic E-state index is 0.0157. The predicted molar refractivity (Wildman–Crippen MR) is 65.2 cm³/mol. The molecule has 0 fully saturated rings. The number of nitrogens with zero attached hydrogens (tertiary/aromatic N) is 1. The molecular weight excluding hydrogens is 241 g/mol. The Morgan fingerprint density at radius 1 is 1.00 bits per heavy atom. The first-order chi connectivity index (χ1) is 8.50. The van der Waals surface area contributed by atoms with Gasteiger partial charge in [0.25, 0.3) is 0 Å². The van der Waals surface area contributed by atoms with E-state index in [1.54, 1.807) is 0 Å². The molecule has 5 heteroatoms. The van der Waals surface area contributed by atoms with E-state index in [9.17, 15) is 13.2 Å². The number of hydrogen-bond acceptors (Lipinski definition) is 2. The number of para-hydroxylation sites is 1. The van der Waals surface area contributed by atoms with Crippen LogP contribution in [-0.2, 0) is 0 Å². The van der Waals surface area contributed by atoms with Crippen LogP contribution in [0.3, 0.4) is 0 Å². The van der Waals surface area contributed by atoms with E-state index in [2.05, 4.69) is 0 Å². The Bertz CT molecular complexity index is 564. The molecule has 2 N–H and O–H groups in total. The molecule has 0 saturated carbocycles. The predicted octanol–water partition coefficient (Wildman–Crippen LogP) is 3.45. The molecule has 0 bridgehead atoms. The lowest BCUT2D eigenvalue weighted by Crippen LogP contribution is -2.15. The number of anilines is 3. The normalized spacial score (nSPS) is 10.4. The van der Waals surface area contributed by atoms with Crippen LogP contribution in [0.15, 0.2) is 36.4 Å². The molecule has 0 heterocycles. The summed E-state index contributed by atoms with van der Waals surface area (Å²) >= 11 is 0. The number of rotatable bonds is 2. The highest BCUT2D eigenvalue weighted by Gasteiger charge is 2.16. The zero-order valence-corrected chi connectivity index (χ0v) is 9.62. The van der Waals surface area contributed by atoms with Gasteiger partial charge in [0, 0.05) is 13.1 Å². The average molecular weight is 252 g/mol. The second-order valence-corrected chi connectivity index (χ2v) is 3.83. The molecule has 0 aliphatic rings. The summed E-state index contributed by atoms with van der Waals surface area (Å²) in [4.78, 5) is 1.18. The molecule has 18 heavy (non-hydrogen) atoms. The molecule has 0 atom stereocenters. The molecule has 94 valence electrons. The van der Waals surface area contributed by atoms with Crippen LogP contribution >= 0.6 is 0 Å². The molecule has 2 aromatic rings. The van der Waals surface area contributed by atoms with Crippen molar-refractivity contribution in [1.82, 2.24) is 0 Å². The average Bonchev–Trinajstić information content (AvgIpc) is 2.32. The van der Waals surface area contributed by atoms with Gasteiger partial charge in [-0.15, -0.1) is 0 Å². The lowest BCUT2D eigenvalue weighted by Gasteiger charge is -2.22. The molecular formula is C13H11F3N2. The van der Waals surface area contributed by atoms with Crippen molar-refractivity contribution in [2.75, 3.05) is 17.7 Å². The first-order valence-electron chi connectivity index (χ1n) is 5.23. The SMILES string of the molecule is CN(c1cc(F)ccc1F)c1c(N)cccc1F. The molecule has 0 aliphatic carbocycles. The minimum Gasteiger partial charge on any atom is -0.397 e. The van der Waals surface area contributed by atoms with Crippen LogP contribution < -0.4 is 10.6 Å². The van der Waals surface area contributed by atoms with Crippen LogP contribution in [0.5, 0.6) is 0 Å². The second kappa shape index (κ2) is 4.60. The Balaban J connectivity index is 2.54. The van der Waals surface area contributed by atoms with Gasteiger partial charge in [0.15, 0.2) is 0 Å². The molecule has 0 amide bonds. The summed E-state index contributed by atoms with van der Waals surface area (Å²) < 4.78 is 40.4. The molecule has 2 aromatic carbocycles. The van der Waals surface area contributed by atoms with E-state index < -0.39 is 17.5 Å². The van der Waals surface area contributed by atoms with E-state index in [0.717, 1.165) is 18.2 Å². The van der Waals surface area contributed by atoms with Crippen molar-refractivity contribution in [3.05, 3.63) is 53.8 Å². The quantitative estimate of drug-likeness (QED) is 0.829. The fourth-order valence-electron chi connectivity index (χ4n) is 1.75. The van der Waals surface area contributed by atoms with Gasteiger partial charge >= 0.3 is 0 Å². The van der Waals surface area contributed by atoms with Crippen LogP contribution in [0.4, 0.5) is 30.2 Å². The van der Waals surface area contributed by atoms with Crippen LogP contribution in [0.2, 0.25) is 0 Å². The van der Waals surface area contributed by atoms with E-state index in [4.69, 9.17) is 5.73 Å². The number of hydrogen-bond donors (Lipinski definition) is 1. The molecule has 0 spiro atoms.